The van der Waals surface area contributed by atoms with Crippen molar-refractivity contribution in [3.63, 3.8) is 0 Å². The van der Waals surface area contributed by atoms with Crippen LogP contribution in [0.3, 0.4) is 0 Å². The molecule has 24 heavy (non-hydrogen) atoms. The summed E-state index contributed by atoms with van der Waals surface area (Å²) in [5.74, 6) is 1.72. The van der Waals surface area contributed by atoms with Crippen LogP contribution < -0.4 is 10.1 Å². The number of hydrogen-bond donors (Lipinski definition) is 2. The molecule has 1 aliphatic rings. The van der Waals surface area contributed by atoms with Crippen molar-refractivity contribution >= 4 is 11.7 Å². The van der Waals surface area contributed by atoms with E-state index in [-0.39, 0.29) is 5.91 Å². The van der Waals surface area contributed by atoms with E-state index in [1.54, 1.807) is 37.8 Å². The summed E-state index contributed by atoms with van der Waals surface area (Å²) in [6.07, 6.45) is 7.85. The molecule has 7 heteroatoms. The summed E-state index contributed by atoms with van der Waals surface area (Å²) in [4.78, 5) is 24.5. The van der Waals surface area contributed by atoms with Crippen LogP contribution in [0.4, 0.5) is 5.82 Å². The zero-order chi connectivity index (χ0) is 16.7. The number of hydrogen-bond acceptors (Lipinski definition) is 4. The van der Waals surface area contributed by atoms with Gasteiger partial charge in [0, 0.05) is 36.7 Å². The number of nitrogens with zero attached hydrogens (tertiary/aromatic N) is 3. The number of carbonyl (C=O) groups is 1. The fourth-order valence-electron chi connectivity index (χ4n) is 3.08. The van der Waals surface area contributed by atoms with E-state index in [1.807, 2.05) is 6.20 Å². The van der Waals surface area contributed by atoms with Crippen LogP contribution in [0.5, 0.6) is 5.75 Å². The maximum absolute atomic E-state index is 12.7. The fourth-order valence-corrected chi connectivity index (χ4v) is 3.08. The first kappa shape index (κ1) is 14.5. The Morgan fingerprint density at radius 1 is 1.42 bits per heavy atom. The normalized spacial score (nSPS) is 15.5. The number of methoxy groups -OCH3 is 1. The van der Waals surface area contributed by atoms with E-state index in [2.05, 4.69) is 31.8 Å². The lowest BCUT2D eigenvalue weighted by atomic mass is 10.0. The Morgan fingerprint density at radius 3 is 3.04 bits per heavy atom. The van der Waals surface area contributed by atoms with Gasteiger partial charge in [-0.15, -0.1) is 0 Å². The summed E-state index contributed by atoms with van der Waals surface area (Å²) in [6, 6.07) is 3.77. The molecule has 1 atom stereocenters. The highest BCUT2D eigenvalue weighted by molar-refractivity contribution is 6.08. The Kier molecular flexibility index (Phi) is 3.34. The number of H-pyrrole nitrogens is 1. The molecule has 1 aliphatic heterocycles. The molecule has 0 bridgehead atoms. The van der Waals surface area contributed by atoms with E-state index in [4.69, 9.17) is 4.74 Å². The molecule has 4 rings (SSSR count). The maximum Gasteiger partial charge on any atom is 0.259 e. The molecule has 0 aromatic carbocycles. The summed E-state index contributed by atoms with van der Waals surface area (Å²) in [5, 5.41) is 2.82. The third-order valence-electron chi connectivity index (χ3n) is 4.29. The van der Waals surface area contributed by atoms with Gasteiger partial charge in [0.1, 0.15) is 17.4 Å². The third kappa shape index (κ3) is 2.25. The van der Waals surface area contributed by atoms with Crippen LogP contribution >= 0.6 is 0 Å². The van der Waals surface area contributed by atoms with Crippen molar-refractivity contribution in [1.29, 1.82) is 0 Å². The number of amides is 1. The highest BCUT2D eigenvalue weighted by Crippen LogP contribution is 2.35. The fraction of sp³-hybridized carbons (Fsp3) is 0.235. The maximum atomic E-state index is 12.7. The summed E-state index contributed by atoms with van der Waals surface area (Å²) in [7, 11) is 1.57. The number of aromatic nitrogens is 4. The molecule has 4 heterocycles. The molecule has 0 aliphatic carbocycles. The number of anilines is 1. The summed E-state index contributed by atoms with van der Waals surface area (Å²) < 4.78 is 7.17. The van der Waals surface area contributed by atoms with E-state index in [1.165, 1.54) is 0 Å². The minimum Gasteiger partial charge on any atom is -0.495 e. The molecule has 0 saturated heterocycles. The number of ether oxygens (including phenoxy) is 1. The molecule has 1 amide bonds. The second kappa shape index (κ2) is 5.52. The van der Waals surface area contributed by atoms with Crippen molar-refractivity contribution in [3.8, 4) is 17.1 Å². The Morgan fingerprint density at radius 2 is 2.29 bits per heavy atom. The average molecular weight is 323 g/mol. The van der Waals surface area contributed by atoms with Crippen LogP contribution in [0, 0.1) is 0 Å². The lowest BCUT2D eigenvalue weighted by Gasteiger charge is -2.22. The molecule has 0 fully saturated rings. The first-order valence-corrected chi connectivity index (χ1v) is 7.72. The van der Waals surface area contributed by atoms with Crippen LogP contribution in [-0.2, 0) is 6.42 Å². The molecule has 0 saturated carbocycles. The van der Waals surface area contributed by atoms with E-state index in [0.717, 1.165) is 23.5 Å². The van der Waals surface area contributed by atoms with Gasteiger partial charge in [-0.3, -0.25) is 4.79 Å². The van der Waals surface area contributed by atoms with E-state index >= 15 is 0 Å². The summed E-state index contributed by atoms with van der Waals surface area (Å²) in [6.45, 7) is 2.13. The summed E-state index contributed by atoms with van der Waals surface area (Å²) >= 11 is 0. The van der Waals surface area contributed by atoms with Gasteiger partial charge in [0.2, 0.25) is 0 Å². The lowest BCUT2D eigenvalue weighted by Crippen LogP contribution is -2.18. The van der Waals surface area contributed by atoms with Crippen molar-refractivity contribution in [1.82, 2.24) is 19.5 Å². The molecule has 122 valence electrons. The SMILES string of the molecule is COc1ccc(NC(=O)c2c[nH]c3c2-c2nccn2[C@@H](C)C3)nc1. The quantitative estimate of drug-likeness (QED) is 0.776. The van der Waals surface area contributed by atoms with Crippen molar-refractivity contribution in [2.45, 2.75) is 19.4 Å². The van der Waals surface area contributed by atoms with Gasteiger partial charge in [-0.1, -0.05) is 0 Å². The van der Waals surface area contributed by atoms with Gasteiger partial charge in [0.05, 0.1) is 24.4 Å². The van der Waals surface area contributed by atoms with Crippen LogP contribution in [-0.4, -0.2) is 32.5 Å². The topological polar surface area (TPSA) is 84.8 Å². The smallest absolute Gasteiger partial charge is 0.259 e. The number of carbonyl (C=O) groups excluding carboxylic acids is 1. The van der Waals surface area contributed by atoms with E-state index < -0.39 is 0 Å². The van der Waals surface area contributed by atoms with Gasteiger partial charge in [-0.25, -0.2) is 9.97 Å². The van der Waals surface area contributed by atoms with Crippen LogP contribution in [0.15, 0.2) is 36.9 Å². The average Bonchev–Trinajstić information content (AvgIpc) is 3.22. The Hall–Kier alpha value is -3.09. The zero-order valence-electron chi connectivity index (χ0n) is 13.4. The van der Waals surface area contributed by atoms with Crippen LogP contribution in [0.25, 0.3) is 11.4 Å². The van der Waals surface area contributed by atoms with Crippen molar-refractivity contribution in [2.24, 2.45) is 0 Å². The number of aromatic amines is 1. The molecular weight excluding hydrogens is 306 g/mol. The largest absolute Gasteiger partial charge is 0.495 e. The highest BCUT2D eigenvalue weighted by Gasteiger charge is 2.28. The molecule has 0 spiro atoms. The minimum absolute atomic E-state index is 0.214. The molecule has 0 radical (unpaired) electrons. The zero-order valence-corrected chi connectivity index (χ0v) is 13.4. The van der Waals surface area contributed by atoms with Gasteiger partial charge < -0.3 is 19.6 Å². The Bertz CT molecular complexity index is 894. The molecule has 7 nitrogen and oxygen atoms in total. The van der Waals surface area contributed by atoms with Gasteiger partial charge in [-0.05, 0) is 19.1 Å². The third-order valence-corrected chi connectivity index (χ3v) is 4.29. The number of pyridine rings is 1. The molecule has 0 unspecified atom stereocenters. The highest BCUT2D eigenvalue weighted by atomic mass is 16.5. The van der Waals surface area contributed by atoms with Crippen molar-refractivity contribution < 1.29 is 9.53 Å². The number of rotatable bonds is 3. The predicted molar refractivity (Wildman–Crippen MR) is 89.2 cm³/mol. The first-order chi connectivity index (χ1) is 11.7. The van der Waals surface area contributed by atoms with Gasteiger partial charge >= 0.3 is 0 Å². The molecule has 2 N–H and O–H groups in total. The lowest BCUT2D eigenvalue weighted by molar-refractivity contribution is 0.102. The van der Waals surface area contributed by atoms with Gasteiger partial charge in [0.15, 0.2) is 0 Å². The minimum atomic E-state index is -0.214. The second-order valence-electron chi connectivity index (χ2n) is 5.80. The van der Waals surface area contributed by atoms with Crippen LogP contribution in [0.2, 0.25) is 0 Å². The monoisotopic (exact) mass is 323 g/mol. The second-order valence-corrected chi connectivity index (χ2v) is 5.80. The van der Waals surface area contributed by atoms with E-state index in [0.29, 0.717) is 23.2 Å². The standard InChI is InChI=1S/C17H17N5O2/c1-10-7-13-15(16-18-5-6-22(10)16)12(9-19-13)17(23)21-14-4-3-11(24-2)8-20-14/h3-6,8-10,19H,7H2,1-2H3,(H,20,21,23)/t10-/m0/s1. The number of imidazole rings is 1. The van der Waals surface area contributed by atoms with Gasteiger partial charge in [0.25, 0.3) is 5.91 Å². The number of nitrogens with one attached hydrogen (secondary N) is 2. The van der Waals surface area contributed by atoms with Crippen molar-refractivity contribution in [2.75, 3.05) is 12.4 Å². The van der Waals surface area contributed by atoms with Crippen LogP contribution in [0.1, 0.15) is 29.0 Å². The molecular formula is C17H17N5O2. The van der Waals surface area contributed by atoms with E-state index in [9.17, 15) is 4.79 Å². The van der Waals surface area contributed by atoms with Gasteiger partial charge in [-0.2, -0.15) is 0 Å². The Labute approximate surface area is 138 Å². The predicted octanol–water partition coefficient (Wildman–Crippen LogP) is 2.65. The summed E-state index contributed by atoms with van der Waals surface area (Å²) in [5.41, 5.74) is 2.47. The molecule has 3 aromatic heterocycles. The Balaban J connectivity index is 1.65. The van der Waals surface area contributed by atoms with Crippen molar-refractivity contribution in [3.05, 3.63) is 48.2 Å². The number of fused-ring (bicyclic) bond motifs is 3. The first-order valence-electron chi connectivity index (χ1n) is 7.72. The molecule has 3 aromatic rings.